The zero-order chi connectivity index (χ0) is 16.7. The first kappa shape index (κ1) is 15.7. The van der Waals surface area contributed by atoms with E-state index in [0.717, 1.165) is 5.69 Å². The van der Waals surface area contributed by atoms with E-state index < -0.39 is 6.04 Å². The number of nitriles is 1. The molecule has 1 aliphatic rings. The monoisotopic (exact) mass is 345 g/mol. The predicted octanol–water partition coefficient (Wildman–Crippen LogP) is 4.28. The lowest BCUT2D eigenvalue weighted by atomic mass is 10.1. The van der Waals surface area contributed by atoms with Crippen LogP contribution in [0, 0.1) is 11.3 Å². The van der Waals surface area contributed by atoms with E-state index in [1.165, 1.54) is 4.90 Å². The van der Waals surface area contributed by atoms with Gasteiger partial charge in [0.25, 0.3) is 5.91 Å². The molecule has 0 radical (unpaired) electrons. The van der Waals surface area contributed by atoms with Gasteiger partial charge in [-0.15, -0.1) is 0 Å². The Morgan fingerprint density at radius 1 is 1.17 bits per heavy atom. The van der Waals surface area contributed by atoms with E-state index in [-0.39, 0.29) is 5.91 Å². The zero-order valence-electron chi connectivity index (χ0n) is 12.5. The summed E-state index contributed by atoms with van der Waals surface area (Å²) in [6, 6.07) is 12.0. The van der Waals surface area contributed by atoms with Gasteiger partial charge in [0, 0.05) is 36.1 Å². The van der Waals surface area contributed by atoms with Crippen LogP contribution in [0.1, 0.15) is 22.0 Å². The van der Waals surface area contributed by atoms with Gasteiger partial charge in [-0.05, 0) is 30.3 Å². The molecular weight excluding hydrogens is 333 g/mol. The van der Waals surface area contributed by atoms with Gasteiger partial charge in [-0.3, -0.25) is 9.69 Å². The highest BCUT2D eigenvalue weighted by atomic mass is 35.5. The van der Waals surface area contributed by atoms with Crippen LogP contribution in [0.4, 0.5) is 11.4 Å². The molecule has 2 aromatic rings. The molecule has 1 atom stereocenters. The first-order valence-corrected chi connectivity index (χ1v) is 7.69. The van der Waals surface area contributed by atoms with Gasteiger partial charge in [-0.2, -0.15) is 5.26 Å². The van der Waals surface area contributed by atoms with E-state index in [9.17, 15) is 10.1 Å². The van der Waals surface area contributed by atoms with Crippen molar-refractivity contribution in [3.8, 4) is 6.07 Å². The van der Waals surface area contributed by atoms with Crippen LogP contribution in [0.3, 0.4) is 0 Å². The molecule has 0 fully saturated rings. The lowest BCUT2D eigenvalue weighted by molar-refractivity contribution is 0.0994. The molecular formula is C17H13Cl2N3O. The number of rotatable bonds is 2. The van der Waals surface area contributed by atoms with Crippen LogP contribution < -0.4 is 9.80 Å². The SMILES string of the molecule is CN(C)c1cccc(N2C(=O)c3c(Cl)ccc(Cl)c3C2C#N)c1. The molecule has 4 nitrogen and oxygen atoms in total. The lowest BCUT2D eigenvalue weighted by Gasteiger charge is -2.22. The maximum Gasteiger partial charge on any atom is 0.261 e. The van der Waals surface area contributed by atoms with Gasteiger partial charge in [0.1, 0.15) is 0 Å². The van der Waals surface area contributed by atoms with Gasteiger partial charge < -0.3 is 4.90 Å². The molecule has 23 heavy (non-hydrogen) atoms. The quantitative estimate of drug-likeness (QED) is 0.815. The molecule has 3 rings (SSSR count). The number of amides is 1. The minimum absolute atomic E-state index is 0.306. The molecule has 0 saturated heterocycles. The fraction of sp³-hybridized carbons (Fsp3) is 0.176. The minimum atomic E-state index is -0.791. The van der Waals surface area contributed by atoms with Crippen LogP contribution in [-0.4, -0.2) is 20.0 Å². The van der Waals surface area contributed by atoms with Crippen LogP contribution in [0.2, 0.25) is 10.0 Å². The summed E-state index contributed by atoms with van der Waals surface area (Å²) in [5, 5.41) is 10.3. The van der Waals surface area contributed by atoms with Crippen molar-refractivity contribution in [2.24, 2.45) is 0 Å². The molecule has 1 aliphatic heterocycles. The number of fused-ring (bicyclic) bond motifs is 1. The summed E-state index contributed by atoms with van der Waals surface area (Å²) in [6.07, 6.45) is 0. The molecule has 116 valence electrons. The lowest BCUT2D eigenvalue weighted by Crippen LogP contribution is -2.27. The van der Waals surface area contributed by atoms with Gasteiger partial charge in [0.15, 0.2) is 6.04 Å². The summed E-state index contributed by atoms with van der Waals surface area (Å²) < 4.78 is 0. The van der Waals surface area contributed by atoms with Crippen LogP contribution in [0.5, 0.6) is 0 Å². The Bertz CT molecular complexity index is 842. The zero-order valence-corrected chi connectivity index (χ0v) is 14.1. The van der Waals surface area contributed by atoms with Gasteiger partial charge in [0.2, 0.25) is 0 Å². The number of hydrogen-bond donors (Lipinski definition) is 0. The summed E-state index contributed by atoms with van der Waals surface area (Å²) >= 11 is 12.4. The normalized spacial score (nSPS) is 16.2. The molecule has 0 aliphatic carbocycles. The van der Waals surface area contributed by atoms with Crippen molar-refractivity contribution in [2.45, 2.75) is 6.04 Å². The van der Waals surface area contributed by atoms with Gasteiger partial charge >= 0.3 is 0 Å². The van der Waals surface area contributed by atoms with Crippen molar-refractivity contribution < 1.29 is 4.79 Å². The second kappa shape index (κ2) is 5.77. The third-order valence-electron chi connectivity index (χ3n) is 3.85. The molecule has 0 bridgehead atoms. The Morgan fingerprint density at radius 2 is 1.87 bits per heavy atom. The molecule has 0 spiro atoms. The van der Waals surface area contributed by atoms with E-state index >= 15 is 0 Å². The molecule has 0 saturated carbocycles. The number of carbonyl (C=O) groups is 1. The topological polar surface area (TPSA) is 47.3 Å². The summed E-state index contributed by atoms with van der Waals surface area (Å²) in [7, 11) is 3.82. The second-order valence-electron chi connectivity index (χ2n) is 5.44. The third kappa shape index (κ3) is 2.42. The Morgan fingerprint density at radius 3 is 2.52 bits per heavy atom. The number of halogens is 2. The average molecular weight is 346 g/mol. The summed E-state index contributed by atoms with van der Waals surface area (Å²) in [5.41, 5.74) is 2.35. The van der Waals surface area contributed by atoms with E-state index in [1.807, 2.05) is 37.2 Å². The molecule has 6 heteroatoms. The highest BCUT2D eigenvalue weighted by Gasteiger charge is 2.41. The molecule has 0 aromatic heterocycles. The molecule has 1 heterocycles. The van der Waals surface area contributed by atoms with Crippen molar-refractivity contribution in [2.75, 3.05) is 23.9 Å². The predicted molar refractivity (Wildman–Crippen MR) is 92.4 cm³/mol. The number of carbonyl (C=O) groups excluding carboxylic acids is 1. The highest BCUT2D eigenvalue weighted by molar-refractivity contribution is 6.38. The first-order chi connectivity index (χ1) is 11.0. The summed E-state index contributed by atoms with van der Waals surface area (Å²) in [4.78, 5) is 16.2. The van der Waals surface area contributed by atoms with Crippen LogP contribution >= 0.6 is 23.2 Å². The van der Waals surface area contributed by atoms with Gasteiger partial charge in [-0.1, -0.05) is 29.3 Å². The Labute approximate surface area is 144 Å². The minimum Gasteiger partial charge on any atom is -0.378 e. The Balaban J connectivity index is 2.18. The van der Waals surface area contributed by atoms with Crippen LogP contribution in [-0.2, 0) is 0 Å². The number of anilines is 2. The van der Waals surface area contributed by atoms with E-state index in [4.69, 9.17) is 23.2 Å². The Hall–Kier alpha value is -2.22. The second-order valence-corrected chi connectivity index (χ2v) is 6.25. The summed E-state index contributed by atoms with van der Waals surface area (Å²) in [5.74, 6) is -0.310. The average Bonchev–Trinajstić information content (AvgIpc) is 2.85. The third-order valence-corrected chi connectivity index (χ3v) is 4.50. The molecule has 1 amide bonds. The van der Waals surface area contributed by atoms with Crippen LogP contribution in [0.25, 0.3) is 0 Å². The van der Waals surface area contributed by atoms with E-state index in [1.54, 1.807) is 18.2 Å². The number of nitrogens with zero attached hydrogens (tertiary/aromatic N) is 3. The van der Waals surface area contributed by atoms with Crippen molar-refractivity contribution >= 4 is 40.5 Å². The maximum atomic E-state index is 12.8. The fourth-order valence-electron chi connectivity index (χ4n) is 2.73. The van der Waals surface area contributed by atoms with E-state index in [2.05, 4.69) is 6.07 Å². The van der Waals surface area contributed by atoms with Crippen molar-refractivity contribution in [1.29, 1.82) is 5.26 Å². The molecule has 2 aromatic carbocycles. The van der Waals surface area contributed by atoms with Crippen molar-refractivity contribution in [3.05, 3.63) is 57.6 Å². The maximum absolute atomic E-state index is 12.8. The van der Waals surface area contributed by atoms with Gasteiger partial charge in [-0.25, -0.2) is 0 Å². The Kier molecular flexibility index (Phi) is 3.93. The van der Waals surface area contributed by atoms with Gasteiger partial charge in [0.05, 0.1) is 16.7 Å². The van der Waals surface area contributed by atoms with Crippen molar-refractivity contribution in [3.63, 3.8) is 0 Å². The van der Waals surface area contributed by atoms with Crippen LogP contribution in [0.15, 0.2) is 36.4 Å². The number of benzene rings is 2. The molecule has 1 unspecified atom stereocenters. The standard InChI is InChI=1S/C17H13Cl2N3O/c1-21(2)10-4-3-5-11(8-10)22-14(9-20)15-12(18)6-7-13(19)16(15)17(22)23/h3-8,14H,1-2H3. The fourth-order valence-corrected chi connectivity index (χ4v) is 3.24. The highest BCUT2D eigenvalue weighted by Crippen LogP contribution is 2.43. The largest absolute Gasteiger partial charge is 0.378 e. The summed E-state index contributed by atoms with van der Waals surface area (Å²) in [6.45, 7) is 0. The van der Waals surface area contributed by atoms with E-state index in [0.29, 0.717) is 26.9 Å². The number of hydrogen-bond acceptors (Lipinski definition) is 3. The molecule has 0 N–H and O–H groups in total. The van der Waals surface area contributed by atoms with Crippen molar-refractivity contribution in [1.82, 2.24) is 0 Å². The first-order valence-electron chi connectivity index (χ1n) is 6.94. The smallest absolute Gasteiger partial charge is 0.261 e.